The Labute approximate surface area is 132 Å². The Morgan fingerprint density at radius 1 is 1.04 bits per heavy atom. The number of alkyl halides is 3. The van der Waals surface area contributed by atoms with Gasteiger partial charge in [-0.15, -0.1) is 0 Å². The van der Waals surface area contributed by atoms with Gasteiger partial charge in [0.1, 0.15) is 0 Å². The molecule has 1 aliphatic heterocycles. The fourth-order valence-electron chi connectivity index (χ4n) is 2.83. The molecule has 3 nitrogen and oxygen atoms in total. The molecule has 2 heterocycles. The summed E-state index contributed by atoms with van der Waals surface area (Å²) in [4.78, 5) is 6.47. The Morgan fingerprint density at radius 3 is 2.48 bits per heavy atom. The molecule has 0 bridgehead atoms. The van der Waals surface area contributed by atoms with Crippen LogP contribution in [0.4, 0.5) is 13.2 Å². The van der Waals surface area contributed by atoms with Crippen molar-refractivity contribution in [3.05, 3.63) is 65.5 Å². The van der Waals surface area contributed by atoms with E-state index >= 15 is 0 Å². The summed E-state index contributed by atoms with van der Waals surface area (Å²) in [5.41, 5.74) is 0.707. The zero-order valence-electron chi connectivity index (χ0n) is 12.5. The fourth-order valence-corrected chi connectivity index (χ4v) is 2.83. The molecule has 0 radical (unpaired) electrons. The van der Waals surface area contributed by atoms with Crippen molar-refractivity contribution in [3.8, 4) is 0 Å². The summed E-state index contributed by atoms with van der Waals surface area (Å²) < 4.78 is 44.4. The highest BCUT2D eigenvalue weighted by molar-refractivity contribution is 5.33. The van der Waals surface area contributed by atoms with E-state index in [1.54, 1.807) is 18.3 Å². The Morgan fingerprint density at radius 2 is 1.83 bits per heavy atom. The number of rotatable bonds is 3. The van der Waals surface area contributed by atoms with E-state index in [-0.39, 0.29) is 6.04 Å². The highest BCUT2D eigenvalue weighted by Crippen LogP contribution is 2.34. The van der Waals surface area contributed by atoms with Crippen LogP contribution in [-0.2, 0) is 10.9 Å². The van der Waals surface area contributed by atoms with E-state index < -0.39 is 11.7 Å². The van der Waals surface area contributed by atoms with Gasteiger partial charge in [-0.2, -0.15) is 13.2 Å². The van der Waals surface area contributed by atoms with Crippen molar-refractivity contribution in [2.45, 2.75) is 12.2 Å². The number of ether oxygens (including phenoxy) is 1. The molecule has 122 valence electrons. The molecule has 2 aromatic rings. The minimum atomic E-state index is -4.35. The third-order valence-electron chi connectivity index (χ3n) is 3.91. The van der Waals surface area contributed by atoms with Crippen LogP contribution in [0.1, 0.15) is 22.9 Å². The van der Waals surface area contributed by atoms with E-state index in [9.17, 15) is 13.2 Å². The molecule has 1 atom stereocenters. The fraction of sp³-hybridized carbons (Fsp3) is 0.353. The highest BCUT2D eigenvalue weighted by atomic mass is 19.4. The van der Waals surface area contributed by atoms with Gasteiger partial charge in [0.15, 0.2) is 0 Å². The number of pyridine rings is 1. The first kappa shape index (κ1) is 16.0. The van der Waals surface area contributed by atoms with E-state index in [1.165, 1.54) is 12.1 Å². The number of morpholine rings is 1. The molecule has 1 aliphatic rings. The van der Waals surface area contributed by atoms with E-state index in [4.69, 9.17) is 4.74 Å². The lowest BCUT2D eigenvalue weighted by Gasteiger charge is -2.34. The molecule has 0 saturated carbocycles. The predicted octanol–water partition coefficient (Wildman–Crippen LogP) is 3.52. The molecular formula is C17H17F3N2O. The van der Waals surface area contributed by atoms with Crippen LogP contribution < -0.4 is 0 Å². The van der Waals surface area contributed by atoms with Gasteiger partial charge in [-0.3, -0.25) is 9.88 Å². The minimum Gasteiger partial charge on any atom is -0.379 e. The van der Waals surface area contributed by atoms with Crippen LogP contribution in [-0.4, -0.2) is 36.2 Å². The summed E-state index contributed by atoms with van der Waals surface area (Å²) in [5, 5.41) is 0. The number of halogens is 3. The molecule has 1 aromatic heterocycles. The Balaban J connectivity index is 2.01. The van der Waals surface area contributed by atoms with Gasteiger partial charge in [-0.05, 0) is 29.8 Å². The van der Waals surface area contributed by atoms with Crippen molar-refractivity contribution >= 4 is 0 Å². The zero-order valence-corrected chi connectivity index (χ0v) is 12.5. The second-order valence-corrected chi connectivity index (χ2v) is 5.43. The first-order valence-corrected chi connectivity index (χ1v) is 7.45. The van der Waals surface area contributed by atoms with Crippen LogP contribution in [0.5, 0.6) is 0 Å². The smallest absolute Gasteiger partial charge is 0.379 e. The van der Waals surface area contributed by atoms with Crippen LogP contribution in [0.3, 0.4) is 0 Å². The molecule has 0 amide bonds. The average Bonchev–Trinajstić information content (AvgIpc) is 2.57. The Hall–Kier alpha value is -1.92. The average molecular weight is 322 g/mol. The van der Waals surface area contributed by atoms with Gasteiger partial charge in [-0.1, -0.05) is 18.2 Å². The van der Waals surface area contributed by atoms with E-state index in [1.807, 2.05) is 12.1 Å². The molecule has 1 unspecified atom stereocenters. The zero-order chi connectivity index (χ0) is 16.3. The summed E-state index contributed by atoms with van der Waals surface area (Å²) in [6.45, 7) is 2.47. The molecular weight excluding hydrogens is 305 g/mol. The van der Waals surface area contributed by atoms with Crippen molar-refractivity contribution in [1.82, 2.24) is 9.88 Å². The quantitative estimate of drug-likeness (QED) is 0.864. The molecule has 0 N–H and O–H groups in total. The van der Waals surface area contributed by atoms with Crippen molar-refractivity contribution in [2.24, 2.45) is 0 Å². The maximum absolute atomic E-state index is 13.0. The third kappa shape index (κ3) is 3.71. The minimum absolute atomic E-state index is 0.303. The molecule has 3 rings (SSSR count). The highest BCUT2D eigenvalue weighted by Gasteiger charge is 2.32. The first-order chi connectivity index (χ1) is 11.1. The van der Waals surface area contributed by atoms with Gasteiger partial charge in [0, 0.05) is 19.3 Å². The summed E-state index contributed by atoms with van der Waals surface area (Å²) in [6.07, 6.45) is -2.69. The number of hydrogen-bond acceptors (Lipinski definition) is 3. The molecule has 1 aromatic carbocycles. The van der Waals surface area contributed by atoms with Crippen molar-refractivity contribution in [2.75, 3.05) is 26.3 Å². The normalized spacial score (nSPS) is 17.9. The molecule has 1 saturated heterocycles. The number of nitrogens with zero attached hydrogens (tertiary/aromatic N) is 2. The van der Waals surface area contributed by atoms with Gasteiger partial charge in [0.05, 0.1) is 30.5 Å². The standard InChI is InChI=1S/C17H17F3N2O/c18-17(19,20)14-5-3-4-13(12-14)16(15-6-1-2-7-21-15)22-8-10-23-11-9-22/h1-7,12,16H,8-11H2. The van der Waals surface area contributed by atoms with Crippen LogP contribution in [0.15, 0.2) is 48.7 Å². The number of benzene rings is 1. The van der Waals surface area contributed by atoms with Gasteiger partial charge in [-0.25, -0.2) is 0 Å². The van der Waals surface area contributed by atoms with E-state index in [2.05, 4.69) is 9.88 Å². The summed E-state index contributed by atoms with van der Waals surface area (Å²) in [7, 11) is 0. The molecule has 6 heteroatoms. The molecule has 0 spiro atoms. The van der Waals surface area contributed by atoms with Crippen LogP contribution in [0, 0.1) is 0 Å². The van der Waals surface area contributed by atoms with E-state index in [0.29, 0.717) is 31.9 Å². The van der Waals surface area contributed by atoms with E-state index in [0.717, 1.165) is 11.8 Å². The van der Waals surface area contributed by atoms with Gasteiger partial charge in [0.2, 0.25) is 0 Å². The predicted molar refractivity (Wildman–Crippen MR) is 79.9 cm³/mol. The van der Waals surface area contributed by atoms with Gasteiger partial charge < -0.3 is 4.74 Å². The topological polar surface area (TPSA) is 25.4 Å². The summed E-state index contributed by atoms with van der Waals surface area (Å²) in [5.74, 6) is 0. The second kappa shape index (κ2) is 6.68. The van der Waals surface area contributed by atoms with Crippen LogP contribution >= 0.6 is 0 Å². The Kier molecular flexibility index (Phi) is 4.63. The van der Waals surface area contributed by atoms with Crippen molar-refractivity contribution in [1.29, 1.82) is 0 Å². The first-order valence-electron chi connectivity index (χ1n) is 7.45. The largest absolute Gasteiger partial charge is 0.416 e. The second-order valence-electron chi connectivity index (χ2n) is 5.43. The number of hydrogen-bond donors (Lipinski definition) is 0. The third-order valence-corrected chi connectivity index (χ3v) is 3.91. The maximum atomic E-state index is 13.0. The maximum Gasteiger partial charge on any atom is 0.416 e. The molecule has 1 fully saturated rings. The van der Waals surface area contributed by atoms with Crippen molar-refractivity contribution in [3.63, 3.8) is 0 Å². The lowest BCUT2D eigenvalue weighted by Crippen LogP contribution is -2.39. The lowest BCUT2D eigenvalue weighted by molar-refractivity contribution is -0.137. The van der Waals surface area contributed by atoms with Crippen LogP contribution in [0.25, 0.3) is 0 Å². The SMILES string of the molecule is FC(F)(F)c1cccc(C(c2ccccn2)N2CCOCC2)c1. The summed E-state index contributed by atoms with van der Waals surface area (Å²) >= 11 is 0. The monoisotopic (exact) mass is 322 g/mol. The van der Waals surface area contributed by atoms with Crippen molar-refractivity contribution < 1.29 is 17.9 Å². The lowest BCUT2D eigenvalue weighted by atomic mass is 9.98. The summed E-state index contributed by atoms with van der Waals surface area (Å²) in [6, 6.07) is 10.7. The van der Waals surface area contributed by atoms with Gasteiger partial charge in [0.25, 0.3) is 0 Å². The molecule has 23 heavy (non-hydrogen) atoms. The van der Waals surface area contributed by atoms with Crippen LogP contribution in [0.2, 0.25) is 0 Å². The Bertz CT molecular complexity index is 640. The van der Waals surface area contributed by atoms with Gasteiger partial charge >= 0.3 is 6.18 Å². The molecule has 0 aliphatic carbocycles. The number of aromatic nitrogens is 1.